The average Bonchev–Trinajstić information content (AvgIpc) is 2.19. The molecule has 1 heterocycles. The van der Waals surface area contributed by atoms with Crippen molar-refractivity contribution in [1.29, 1.82) is 0 Å². The van der Waals surface area contributed by atoms with Crippen molar-refractivity contribution < 1.29 is 0 Å². The molecule has 0 saturated heterocycles. The highest BCUT2D eigenvalue weighted by Gasteiger charge is 1.78. The van der Waals surface area contributed by atoms with Crippen LogP contribution >= 0.6 is 0 Å². The minimum atomic E-state index is 1.16. The van der Waals surface area contributed by atoms with Gasteiger partial charge in [0.1, 0.15) is 0 Å². The molecule has 1 nitrogen and oxygen atoms in total. The highest BCUT2D eigenvalue weighted by atomic mass is 14.7. The van der Waals surface area contributed by atoms with Crippen molar-refractivity contribution in [3.63, 3.8) is 0 Å². The zero-order valence-corrected chi connectivity index (χ0v) is 4.89. The molecule has 0 unspecified atom stereocenters. The first-order valence-electron chi connectivity index (χ1n) is 2.69. The molecule has 1 heteroatoms. The van der Waals surface area contributed by atoms with E-state index in [2.05, 4.69) is 4.98 Å². The maximum Gasteiger partial charge on any atom is 0.0376 e. The summed E-state index contributed by atoms with van der Waals surface area (Å²) < 4.78 is 0. The van der Waals surface area contributed by atoms with E-state index >= 15 is 0 Å². The highest BCUT2D eigenvalue weighted by molar-refractivity contribution is 5.43. The Hall–Kier alpha value is -0.980. The highest BCUT2D eigenvalue weighted by Crippen LogP contribution is 1.95. The Balaban J connectivity index is 2.77. The lowest BCUT2D eigenvalue weighted by molar-refractivity contribution is 1.37. The maximum absolute atomic E-state index is 3.05. The third-order valence-electron chi connectivity index (χ3n) is 0.968. The Bertz CT molecular complexity index is 161. The zero-order chi connectivity index (χ0) is 5.82. The molecular weight excluding hydrogens is 98.1 g/mol. The average molecular weight is 107 g/mol. The van der Waals surface area contributed by atoms with E-state index in [0.29, 0.717) is 0 Å². The summed E-state index contributed by atoms with van der Waals surface area (Å²) in [5.41, 5.74) is 1.16. The molecular formula is C7H9N. The van der Waals surface area contributed by atoms with Crippen LogP contribution in [0.2, 0.25) is 0 Å². The van der Waals surface area contributed by atoms with Crippen LogP contribution in [0.1, 0.15) is 12.6 Å². The lowest BCUT2D eigenvalue weighted by Gasteiger charge is -1.77. The molecule has 1 aromatic rings. The summed E-state index contributed by atoms with van der Waals surface area (Å²) in [7, 11) is 0. The van der Waals surface area contributed by atoms with E-state index in [4.69, 9.17) is 0 Å². The lowest BCUT2D eigenvalue weighted by Crippen LogP contribution is -1.63. The number of hydrogen-bond donors (Lipinski definition) is 1. The molecule has 0 atom stereocenters. The first-order chi connectivity index (χ1) is 3.93. The fourth-order valence-corrected chi connectivity index (χ4v) is 0.627. The van der Waals surface area contributed by atoms with E-state index in [1.54, 1.807) is 0 Å². The van der Waals surface area contributed by atoms with Gasteiger partial charge in [-0.25, -0.2) is 0 Å². The summed E-state index contributed by atoms with van der Waals surface area (Å²) in [5.74, 6) is 0. The topological polar surface area (TPSA) is 15.8 Å². The van der Waals surface area contributed by atoms with Crippen molar-refractivity contribution in [1.82, 2.24) is 4.98 Å². The molecule has 0 spiro atoms. The van der Waals surface area contributed by atoms with E-state index in [0.717, 1.165) is 5.69 Å². The van der Waals surface area contributed by atoms with Crippen molar-refractivity contribution in [2.75, 3.05) is 0 Å². The van der Waals surface area contributed by atoms with Gasteiger partial charge in [-0.15, -0.1) is 0 Å². The number of hydrogen-bond acceptors (Lipinski definition) is 0. The Morgan fingerprint density at radius 2 is 2.50 bits per heavy atom. The van der Waals surface area contributed by atoms with Gasteiger partial charge in [0.05, 0.1) is 0 Å². The van der Waals surface area contributed by atoms with Crippen molar-refractivity contribution >= 4 is 6.08 Å². The molecule has 1 N–H and O–H groups in total. The van der Waals surface area contributed by atoms with Crippen molar-refractivity contribution in [2.24, 2.45) is 0 Å². The molecule has 1 rings (SSSR count). The third kappa shape index (κ3) is 0.997. The standard InChI is InChI=1S/C7H9N/c1-2-4-7-5-3-6-8-7/h2-6,8H,1H3/b4-2-. The number of rotatable bonds is 1. The number of H-pyrrole nitrogens is 1. The summed E-state index contributed by atoms with van der Waals surface area (Å²) in [6.07, 6.45) is 5.95. The van der Waals surface area contributed by atoms with Crippen LogP contribution < -0.4 is 0 Å². The van der Waals surface area contributed by atoms with Gasteiger partial charge in [-0.2, -0.15) is 0 Å². The number of aromatic nitrogens is 1. The molecule has 0 amide bonds. The van der Waals surface area contributed by atoms with Gasteiger partial charge in [0.2, 0.25) is 0 Å². The Labute approximate surface area is 49.0 Å². The van der Waals surface area contributed by atoms with Crippen LogP contribution in [0.3, 0.4) is 0 Å². The second kappa shape index (κ2) is 2.36. The van der Waals surface area contributed by atoms with Crippen LogP contribution in [0.4, 0.5) is 0 Å². The molecule has 0 aliphatic rings. The van der Waals surface area contributed by atoms with E-state index in [-0.39, 0.29) is 0 Å². The van der Waals surface area contributed by atoms with Crippen LogP contribution in [0.15, 0.2) is 24.4 Å². The Kier molecular flexibility index (Phi) is 1.52. The van der Waals surface area contributed by atoms with Gasteiger partial charge in [-0.1, -0.05) is 6.08 Å². The van der Waals surface area contributed by atoms with Crippen LogP contribution in [-0.2, 0) is 0 Å². The second-order valence-electron chi connectivity index (χ2n) is 1.63. The fraction of sp³-hybridized carbons (Fsp3) is 0.143. The Morgan fingerprint density at radius 3 is 3.00 bits per heavy atom. The molecule has 0 bridgehead atoms. The monoisotopic (exact) mass is 107 g/mol. The maximum atomic E-state index is 3.05. The SMILES string of the molecule is C/C=C\c1ccc[nH]1. The zero-order valence-electron chi connectivity index (χ0n) is 4.89. The van der Waals surface area contributed by atoms with E-state index in [9.17, 15) is 0 Å². The molecule has 0 radical (unpaired) electrons. The molecule has 0 aromatic carbocycles. The van der Waals surface area contributed by atoms with Crippen molar-refractivity contribution in [3.05, 3.63) is 30.1 Å². The van der Waals surface area contributed by atoms with Crippen molar-refractivity contribution in [2.45, 2.75) is 6.92 Å². The summed E-state index contributed by atoms with van der Waals surface area (Å²) in [6.45, 7) is 2.00. The summed E-state index contributed by atoms with van der Waals surface area (Å²) in [5, 5.41) is 0. The van der Waals surface area contributed by atoms with E-state index in [1.807, 2.05) is 37.4 Å². The minimum absolute atomic E-state index is 1.16. The number of aromatic amines is 1. The summed E-state index contributed by atoms with van der Waals surface area (Å²) in [4.78, 5) is 3.05. The van der Waals surface area contributed by atoms with Crippen LogP contribution in [0, 0.1) is 0 Å². The van der Waals surface area contributed by atoms with Crippen molar-refractivity contribution in [3.8, 4) is 0 Å². The molecule has 0 aliphatic carbocycles. The molecule has 0 saturated carbocycles. The molecule has 0 aliphatic heterocycles. The van der Waals surface area contributed by atoms with Crippen LogP contribution in [0.25, 0.3) is 6.08 Å². The predicted molar refractivity (Wildman–Crippen MR) is 35.5 cm³/mol. The normalized spacial score (nSPS) is 10.6. The van der Waals surface area contributed by atoms with Gasteiger partial charge in [0, 0.05) is 11.9 Å². The number of allylic oxidation sites excluding steroid dienone is 1. The molecule has 1 aromatic heterocycles. The molecule has 8 heavy (non-hydrogen) atoms. The lowest BCUT2D eigenvalue weighted by atomic mass is 10.4. The van der Waals surface area contributed by atoms with E-state index in [1.165, 1.54) is 0 Å². The van der Waals surface area contributed by atoms with Crippen LogP contribution in [-0.4, -0.2) is 4.98 Å². The van der Waals surface area contributed by atoms with E-state index < -0.39 is 0 Å². The van der Waals surface area contributed by atoms with Gasteiger partial charge in [-0.05, 0) is 25.1 Å². The smallest absolute Gasteiger partial charge is 0.0376 e. The molecule has 42 valence electrons. The fourth-order valence-electron chi connectivity index (χ4n) is 0.627. The summed E-state index contributed by atoms with van der Waals surface area (Å²) >= 11 is 0. The van der Waals surface area contributed by atoms with Gasteiger partial charge in [-0.3, -0.25) is 0 Å². The van der Waals surface area contributed by atoms with Gasteiger partial charge >= 0.3 is 0 Å². The quantitative estimate of drug-likeness (QED) is 0.565. The van der Waals surface area contributed by atoms with Gasteiger partial charge in [0.15, 0.2) is 0 Å². The van der Waals surface area contributed by atoms with Crippen LogP contribution in [0.5, 0.6) is 0 Å². The predicted octanol–water partition coefficient (Wildman–Crippen LogP) is 2.05. The second-order valence-corrected chi connectivity index (χ2v) is 1.63. The minimum Gasteiger partial charge on any atom is -0.362 e. The Morgan fingerprint density at radius 1 is 1.62 bits per heavy atom. The number of nitrogens with one attached hydrogen (secondary N) is 1. The largest absolute Gasteiger partial charge is 0.362 e. The first kappa shape index (κ1) is 5.16. The third-order valence-corrected chi connectivity index (χ3v) is 0.968. The first-order valence-corrected chi connectivity index (χ1v) is 2.69. The van der Waals surface area contributed by atoms with Gasteiger partial charge in [0.25, 0.3) is 0 Å². The van der Waals surface area contributed by atoms with Gasteiger partial charge < -0.3 is 4.98 Å². The molecule has 0 fully saturated rings. The summed E-state index contributed by atoms with van der Waals surface area (Å²) in [6, 6.07) is 4.01.